The summed E-state index contributed by atoms with van der Waals surface area (Å²) in [7, 11) is -2.48. The van der Waals surface area contributed by atoms with Crippen LogP contribution in [0, 0.1) is 24.5 Å². The first-order chi connectivity index (χ1) is 13.7. The molecule has 9 heteroatoms. The topological polar surface area (TPSA) is 75.7 Å². The van der Waals surface area contributed by atoms with E-state index in [1.54, 1.807) is 19.1 Å². The molecule has 2 aromatic rings. The van der Waals surface area contributed by atoms with E-state index in [0.29, 0.717) is 18.9 Å². The number of amides is 1. The van der Waals surface area contributed by atoms with E-state index in [0.717, 1.165) is 17.7 Å². The third kappa shape index (κ3) is 4.56. The van der Waals surface area contributed by atoms with Crippen LogP contribution in [-0.2, 0) is 14.8 Å². The summed E-state index contributed by atoms with van der Waals surface area (Å²) < 4.78 is 59.6. The lowest BCUT2D eigenvalue weighted by molar-refractivity contribution is -0.120. The van der Waals surface area contributed by atoms with Crippen molar-refractivity contribution in [2.24, 2.45) is 5.92 Å². The SMILES string of the molecule is COc1ccc(C)cc1S(=O)(=O)N1CCC[C@@H](C(=O)Nc2ccc(F)cc2F)C1. The fraction of sp³-hybridized carbons (Fsp3) is 0.350. The number of rotatable bonds is 5. The Morgan fingerprint density at radius 1 is 1.21 bits per heavy atom. The predicted molar refractivity (Wildman–Crippen MR) is 104 cm³/mol. The van der Waals surface area contributed by atoms with Crippen molar-refractivity contribution < 1.29 is 26.7 Å². The molecule has 0 radical (unpaired) electrons. The molecule has 1 saturated heterocycles. The van der Waals surface area contributed by atoms with E-state index in [1.165, 1.54) is 17.5 Å². The first-order valence-electron chi connectivity index (χ1n) is 9.13. The molecule has 0 aliphatic carbocycles. The molecule has 1 aliphatic heterocycles. The summed E-state index contributed by atoms with van der Waals surface area (Å²) in [6.45, 7) is 2.02. The first-order valence-corrected chi connectivity index (χ1v) is 10.6. The summed E-state index contributed by atoms with van der Waals surface area (Å²) in [6.07, 6.45) is 0.947. The molecule has 1 N–H and O–H groups in total. The van der Waals surface area contributed by atoms with Crippen molar-refractivity contribution in [1.29, 1.82) is 0 Å². The van der Waals surface area contributed by atoms with Crippen molar-refractivity contribution in [3.63, 3.8) is 0 Å². The zero-order chi connectivity index (χ0) is 21.2. The number of hydrogen-bond acceptors (Lipinski definition) is 4. The van der Waals surface area contributed by atoms with E-state index in [-0.39, 0.29) is 29.4 Å². The van der Waals surface area contributed by atoms with Gasteiger partial charge in [0.1, 0.15) is 22.3 Å². The number of carbonyl (C=O) groups excluding carboxylic acids is 1. The van der Waals surface area contributed by atoms with Crippen LogP contribution in [0.25, 0.3) is 0 Å². The van der Waals surface area contributed by atoms with Crippen LogP contribution >= 0.6 is 0 Å². The third-order valence-electron chi connectivity index (χ3n) is 4.88. The van der Waals surface area contributed by atoms with Crippen molar-refractivity contribution in [1.82, 2.24) is 4.31 Å². The largest absolute Gasteiger partial charge is 0.495 e. The smallest absolute Gasteiger partial charge is 0.246 e. The van der Waals surface area contributed by atoms with E-state index in [4.69, 9.17) is 4.74 Å². The fourth-order valence-electron chi connectivity index (χ4n) is 3.32. The number of halogens is 2. The van der Waals surface area contributed by atoms with Gasteiger partial charge in [-0.3, -0.25) is 4.79 Å². The maximum Gasteiger partial charge on any atom is 0.246 e. The molecule has 1 atom stereocenters. The van der Waals surface area contributed by atoms with Crippen LogP contribution in [0.5, 0.6) is 5.75 Å². The van der Waals surface area contributed by atoms with Gasteiger partial charge in [-0.25, -0.2) is 17.2 Å². The van der Waals surface area contributed by atoms with Gasteiger partial charge in [-0.2, -0.15) is 4.31 Å². The van der Waals surface area contributed by atoms with Crippen molar-refractivity contribution >= 4 is 21.6 Å². The van der Waals surface area contributed by atoms with Crippen molar-refractivity contribution in [3.8, 4) is 5.75 Å². The molecule has 0 bridgehead atoms. The lowest BCUT2D eigenvalue weighted by Gasteiger charge is -2.31. The second-order valence-corrected chi connectivity index (χ2v) is 8.88. The fourth-order valence-corrected chi connectivity index (χ4v) is 5.09. The second-order valence-electron chi connectivity index (χ2n) is 6.97. The summed E-state index contributed by atoms with van der Waals surface area (Å²) in [5, 5.41) is 2.42. The number of carbonyl (C=O) groups is 1. The standard InChI is InChI=1S/C20H22F2N2O4S/c1-13-5-8-18(28-2)19(10-13)29(26,27)24-9-3-4-14(12-24)20(25)23-17-7-6-15(21)11-16(17)22/h5-8,10-11,14H,3-4,9,12H2,1-2H3,(H,23,25)/t14-/m1/s1. The number of ether oxygens (including phenoxy) is 1. The van der Waals surface area contributed by atoms with Crippen LogP contribution in [-0.4, -0.2) is 38.8 Å². The number of anilines is 1. The van der Waals surface area contributed by atoms with Gasteiger partial charge in [-0.15, -0.1) is 0 Å². The molecule has 29 heavy (non-hydrogen) atoms. The summed E-state index contributed by atoms with van der Waals surface area (Å²) in [4.78, 5) is 12.6. The summed E-state index contributed by atoms with van der Waals surface area (Å²) in [5.74, 6) is -2.56. The lowest BCUT2D eigenvalue weighted by atomic mass is 9.98. The molecule has 1 heterocycles. The molecule has 0 unspecified atom stereocenters. The Bertz CT molecular complexity index is 1030. The lowest BCUT2D eigenvalue weighted by Crippen LogP contribution is -2.43. The van der Waals surface area contributed by atoms with Crippen LogP contribution in [0.4, 0.5) is 14.5 Å². The van der Waals surface area contributed by atoms with Crippen molar-refractivity contribution in [2.45, 2.75) is 24.7 Å². The average molecular weight is 424 g/mol. The van der Waals surface area contributed by atoms with Gasteiger partial charge < -0.3 is 10.1 Å². The molecule has 1 fully saturated rings. The molecular weight excluding hydrogens is 402 g/mol. The average Bonchev–Trinajstić information content (AvgIpc) is 2.70. The Hall–Kier alpha value is -2.52. The van der Waals surface area contributed by atoms with E-state index >= 15 is 0 Å². The highest BCUT2D eigenvalue weighted by atomic mass is 32.2. The number of nitrogens with one attached hydrogen (secondary N) is 1. The molecule has 3 rings (SSSR count). The highest BCUT2D eigenvalue weighted by Gasteiger charge is 2.35. The van der Waals surface area contributed by atoms with E-state index in [9.17, 15) is 22.0 Å². The van der Waals surface area contributed by atoms with Gasteiger partial charge in [0.05, 0.1) is 18.7 Å². The van der Waals surface area contributed by atoms with Gasteiger partial charge in [-0.05, 0) is 49.6 Å². The zero-order valence-corrected chi connectivity index (χ0v) is 16.9. The number of sulfonamides is 1. The quantitative estimate of drug-likeness (QED) is 0.799. The number of aryl methyl sites for hydroxylation is 1. The van der Waals surface area contributed by atoms with Crippen LogP contribution in [0.3, 0.4) is 0 Å². The van der Waals surface area contributed by atoms with Gasteiger partial charge in [0.2, 0.25) is 15.9 Å². The Morgan fingerprint density at radius 3 is 2.66 bits per heavy atom. The van der Waals surface area contributed by atoms with Gasteiger partial charge in [0.25, 0.3) is 0 Å². The van der Waals surface area contributed by atoms with Gasteiger partial charge in [0.15, 0.2) is 0 Å². The Kier molecular flexibility index (Phi) is 6.18. The first kappa shape index (κ1) is 21.2. The molecule has 2 aromatic carbocycles. The van der Waals surface area contributed by atoms with E-state index in [1.807, 2.05) is 0 Å². The summed E-state index contributed by atoms with van der Waals surface area (Å²) >= 11 is 0. The van der Waals surface area contributed by atoms with Crippen LogP contribution in [0.15, 0.2) is 41.3 Å². The minimum atomic E-state index is -3.88. The maximum absolute atomic E-state index is 13.8. The summed E-state index contributed by atoms with van der Waals surface area (Å²) in [5.41, 5.74) is 0.624. The van der Waals surface area contributed by atoms with Crippen molar-refractivity contribution in [3.05, 3.63) is 53.6 Å². The third-order valence-corrected chi connectivity index (χ3v) is 6.77. The Morgan fingerprint density at radius 2 is 1.97 bits per heavy atom. The number of piperidine rings is 1. The maximum atomic E-state index is 13.8. The zero-order valence-electron chi connectivity index (χ0n) is 16.1. The number of hydrogen-bond donors (Lipinski definition) is 1. The highest BCUT2D eigenvalue weighted by Crippen LogP contribution is 2.31. The van der Waals surface area contributed by atoms with Gasteiger partial charge in [-0.1, -0.05) is 6.07 Å². The van der Waals surface area contributed by atoms with Gasteiger partial charge in [0, 0.05) is 19.2 Å². The minimum absolute atomic E-state index is 0.0337. The molecule has 0 spiro atoms. The Labute approximate surface area is 168 Å². The summed E-state index contributed by atoms with van der Waals surface area (Å²) in [6, 6.07) is 7.73. The minimum Gasteiger partial charge on any atom is -0.495 e. The van der Waals surface area contributed by atoms with Crippen LogP contribution in [0.2, 0.25) is 0 Å². The van der Waals surface area contributed by atoms with Crippen LogP contribution < -0.4 is 10.1 Å². The second kappa shape index (κ2) is 8.46. The molecule has 156 valence electrons. The Balaban J connectivity index is 1.79. The molecule has 0 aromatic heterocycles. The van der Waals surface area contributed by atoms with Crippen molar-refractivity contribution in [2.75, 3.05) is 25.5 Å². The molecule has 0 saturated carbocycles. The van der Waals surface area contributed by atoms with Gasteiger partial charge >= 0.3 is 0 Å². The number of methoxy groups -OCH3 is 1. The number of benzene rings is 2. The van der Waals surface area contributed by atoms with Crippen LogP contribution in [0.1, 0.15) is 18.4 Å². The molecule has 6 nitrogen and oxygen atoms in total. The molecule has 1 amide bonds. The normalized spacial score (nSPS) is 17.7. The molecule has 1 aliphatic rings. The highest BCUT2D eigenvalue weighted by molar-refractivity contribution is 7.89. The van der Waals surface area contributed by atoms with E-state index < -0.39 is 33.5 Å². The monoisotopic (exact) mass is 424 g/mol. The predicted octanol–water partition coefficient (Wildman–Crippen LogP) is 3.32. The molecular formula is C20H22F2N2O4S. The van der Waals surface area contributed by atoms with E-state index in [2.05, 4.69) is 5.32 Å². The number of nitrogens with zero attached hydrogens (tertiary/aromatic N) is 1.